The number of ether oxygens (including phenoxy) is 1. The quantitative estimate of drug-likeness (QED) is 0.622. The summed E-state index contributed by atoms with van der Waals surface area (Å²) in [5.41, 5.74) is 2.33. The van der Waals surface area contributed by atoms with Gasteiger partial charge in [-0.2, -0.15) is 0 Å². The van der Waals surface area contributed by atoms with Gasteiger partial charge in [-0.05, 0) is 30.3 Å². The molecule has 13 heavy (non-hydrogen) atoms. The van der Waals surface area contributed by atoms with Gasteiger partial charge >= 0.3 is 0 Å². The Morgan fingerprint density at radius 2 is 2.00 bits per heavy atom. The molecule has 0 saturated carbocycles. The number of allylic oxidation sites excluding steroid dienone is 1. The van der Waals surface area contributed by atoms with Crippen molar-refractivity contribution in [2.45, 2.75) is 0 Å². The molecule has 1 nitrogen and oxygen atoms in total. The van der Waals surface area contributed by atoms with E-state index in [0.29, 0.717) is 0 Å². The summed E-state index contributed by atoms with van der Waals surface area (Å²) in [7, 11) is 1.64. The molecule has 0 saturated heterocycles. The molecule has 0 aromatic heterocycles. The number of rotatable bonds is 1. The second-order valence-electron chi connectivity index (χ2n) is 2.29. The van der Waals surface area contributed by atoms with Crippen molar-refractivity contribution in [2.75, 3.05) is 7.11 Å². The van der Waals surface area contributed by atoms with E-state index in [-0.39, 0.29) is 0 Å². The van der Waals surface area contributed by atoms with Crippen LogP contribution >= 0.6 is 11.6 Å². The average molecular weight is 193 g/mol. The molecule has 0 N–H and O–H groups in total. The molecule has 0 amide bonds. The molecule has 0 radical (unpaired) electrons. The predicted molar refractivity (Wildman–Crippen MR) is 54.9 cm³/mol. The van der Waals surface area contributed by atoms with Gasteiger partial charge in [0.15, 0.2) is 0 Å². The van der Waals surface area contributed by atoms with Gasteiger partial charge in [0, 0.05) is 11.1 Å². The largest absolute Gasteiger partial charge is 0.497 e. The molecule has 0 fully saturated rings. The second kappa shape index (κ2) is 5.29. The van der Waals surface area contributed by atoms with Gasteiger partial charge in [0.2, 0.25) is 0 Å². The molecule has 0 aliphatic heterocycles. The lowest BCUT2D eigenvalue weighted by molar-refractivity contribution is 0.415. The topological polar surface area (TPSA) is 9.23 Å². The molecule has 1 aromatic rings. The first-order valence-corrected chi connectivity index (χ1v) is 4.21. The van der Waals surface area contributed by atoms with E-state index in [4.69, 9.17) is 16.3 Å². The molecule has 0 aliphatic rings. The van der Waals surface area contributed by atoms with E-state index in [2.05, 4.69) is 11.8 Å². The first-order valence-electron chi connectivity index (χ1n) is 3.77. The summed E-state index contributed by atoms with van der Waals surface area (Å²) < 4.78 is 5.01. The van der Waals surface area contributed by atoms with Gasteiger partial charge in [-0.1, -0.05) is 23.4 Å². The van der Waals surface area contributed by atoms with Crippen LogP contribution in [0.2, 0.25) is 0 Å². The van der Waals surface area contributed by atoms with Crippen molar-refractivity contribution in [3.63, 3.8) is 0 Å². The van der Waals surface area contributed by atoms with E-state index in [9.17, 15) is 0 Å². The molecule has 1 rings (SSSR count). The summed E-state index contributed by atoms with van der Waals surface area (Å²) in [6, 6.07) is 7.53. The number of methoxy groups -OCH3 is 1. The minimum atomic E-state index is 0.832. The van der Waals surface area contributed by atoms with E-state index < -0.39 is 0 Å². The van der Waals surface area contributed by atoms with Gasteiger partial charge in [0.05, 0.1) is 7.11 Å². The van der Waals surface area contributed by atoms with Gasteiger partial charge in [-0.25, -0.2) is 0 Å². The molecule has 2 heteroatoms. The third kappa shape index (κ3) is 3.23. The van der Waals surface area contributed by atoms with Gasteiger partial charge in [-0.3, -0.25) is 0 Å². The Kier molecular flexibility index (Phi) is 3.95. The molecule has 66 valence electrons. The highest BCUT2D eigenvalue weighted by Gasteiger charge is 1.88. The van der Waals surface area contributed by atoms with Crippen LogP contribution in [0.5, 0.6) is 5.75 Å². The van der Waals surface area contributed by atoms with Crippen LogP contribution in [0.3, 0.4) is 0 Å². The van der Waals surface area contributed by atoms with E-state index in [1.807, 2.05) is 24.3 Å². The zero-order valence-electron chi connectivity index (χ0n) is 7.25. The lowest BCUT2D eigenvalue weighted by Crippen LogP contribution is -1.81. The highest BCUT2D eigenvalue weighted by Crippen LogP contribution is 2.09. The number of hydrogen-bond acceptors (Lipinski definition) is 1. The highest BCUT2D eigenvalue weighted by molar-refractivity contribution is 6.25. The first-order chi connectivity index (χ1) is 6.36. The van der Waals surface area contributed by atoms with Crippen LogP contribution in [-0.4, -0.2) is 7.11 Å². The fourth-order valence-corrected chi connectivity index (χ4v) is 0.894. The maximum atomic E-state index is 5.31. The SMILES string of the molecule is COc1ccc(C#C/C=C/Cl)cc1. The van der Waals surface area contributed by atoms with Gasteiger partial charge < -0.3 is 4.74 Å². The van der Waals surface area contributed by atoms with Gasteiger partial charge in [0.1, 0.15) is 5.75 Å². The molecule has 0 heterocycles. The van der Waals surface area contributed by atoms with Crippen molar-refractivity contribution in [3.8, 4) is 17.6 Å². The lowest BCUT2D eigenvalue weighted by atomic mass is 10.2. The van der Waals surface area contributed by atoms with E-state index in [0.717, 1.165) is 11.3 Å². The van der Waals surface area contributed by atoms with Crippen LogP contribution in [-0.2, 0) is 0 Å². The van der Waals surface area contributed by atoms with Crippen LogP contribution in [0.1, 0.15) is 5.56 Å². The standard InChI is InChI=1S/C11H9ClO/c1-13-11-7-5-10(6-8-11)4-2-3-9-12/h3,5-9H,1H3/b9-3+. The molecular weight excluding hydrogens is 184 g/mol. The van der Waals surface area contributed by atoms with E-state index >= 15 is 0 Å². The summed E-state index contributed by atoms with van der Waals surface area (Å²) in [5.74, 6) is 6.54. The zero-order valence-corrected chi connectivity index (χ0v) is 8.01. The second-order valence-corrected chi connectivity index (χ2v) is 2.54. The molecule has 0 aliphatic carbocycles. The fraction of sp³-hybridized carbons (Fsp3) is 0.0909. The van der Waals surface area contributed by atoms with Crippen molar-refractivity contribution >= 4 is 11.6 Å². The normalized spacial score (nSPS) is 9.38. The van der Waals surface area contributed by atoms with Crippen LogP contribution in [0.25, 0.3) is 0 Å². The summed E-state index contributed by atoms with van der Waals surface area (Å²) >= 11 is 5.31. The van der Waals surface area contributed by atoms with Crippen molar-refractivity contribution < 1.29 is 4.74 Å². The molecule has 0 atom stereocenters. The Morgan fingerprint density at radius 3 is 2.54 bits per heavy atom. The maximum absolute atomic E-state index is 5.31. The number of hydrogen-bond donors (Lipinski definition) is 0. The Hall–Kier alpha value is -1.39. The molecular formula is C11H9ClO. The van der Waals surface area contributed by atoms with E-state index in [1.165, 1.54) is 5.54 Å². The summed E-state index contributed by atoms with van der Waals surface area (Å²) in [6.45, 7) is 0. The highest BCUT2D eigenvalue weighted by atomic mass is 35.5. The summed E-state index contributed by atoms with van der Waals surface area (Å²) in [5, 5.41) is 0. The summed E-state index contributed by atoms with van der Waals surface area (Å²) in [6.07, 6.45) is 1.59. The Bertz CT molecular complexity index is 341. The van der Waals surface area contributed by atoms with Gasteiger partial charge in [0.25, 0.3) is 0 Å². The van der Waals surface area contributed by atoms with Crippen molar-refractivity contribution in [3.05, 3.63) is 41.4 Å². The van der Waals surface area contributed by atoms with Crippen molar-refractivity contribution in [1.82, 2.24) is 0 Å². The van der Waals surface area contributed by atoms with Crippen LogP contribution in [0.15, 0.2) is 35.9 Å². The maximum Gasteiger partial charge on any atom is 0.118 e. The molecule has 0 unspecified atom stereocenters. The van der Waals surface area contributed by atoms with Gasteiger partial charge in [-0.15, -0.1) is 0 Å². The Balaban J connectivity index is 2.76. The average Bonchev–Trinajstić information content (AvgIpc) is 2.19. The van der Waals surface area contributed by atoms with E-state index in [1.54, 1.807) is 13.2 Å². The third-order valence-corrected chi connectivity index (χ3v) is 1.58. The minimum absolute atomic E-state index is 0.832. The molecule has 0 bridgehead atoms. The Labute approximate surface area is 83.0 Å². The minimum Gasteiger partial charge on any atom is -0.497 e. The third-order valence-electron chi connectivity index (χ3n) is 1.45. The number of halogens is 1. The number of benzene rings is 1. The smallest absolute Gasteiger partial charge is 0.118 e. The predicted octanol–water partition coefficient (Wildman–Crippen LogP) is 2.80. The Morgan fingerprint density at radius 1 is 1.31 bits per heavy atom. The van der Waals surface area contributed by atoms with Crippen LogP contribution < -0.4 is 4.74 Å². The molecule has 0 spiro atoms. The first kappa shape index (κ1) is 9.70. The fourth-order valence-electron chi connectivity index (χ4n) is 0.831. The lowest BCUT2D eigenvalue weighted by Gasteiger charge is -1.97. The van der Waals surface area contributed by atoms with Crippen molar-refractivity contribution in [1.29, 1.82) is 0 Å². The van der Waals surface area contributed by atoms with Crippen molar-refractivity contribution in [2.24, 2.45) is 0 Å². The monoisotopic (exact) mass is 192 g/mol. The van der Waals surface area contributed by atoms with Crippen LogP contribution in [0, 0.1) is 11.8 Å². The zero-order chi connectivity index (χ0) is 9.52. The van der Waals surface area contributed by atoms with Crippen LogP contribution in [0.4, 0.5) is 0 Å². The molecule has 1 aromatic carbocycles. The summed E-state index contributed by atoms with van der Waals surface area (Å²) in [4.78, 5) is 0.